The molecule has 0 saturated heterocycles. The van der Waals surface area contributed by atoms with Crippen molar-refractivity contribution in [2.75, 3.05) is 6.54 Å². The third-order valence-electron chi connectivity index (χ3n) is 6.08. The van der Waals surface area contributed by atoms with E-state index < -0.39 is 0 Å². The molecule has 0 bridgehead atoms. The number of nitrogens with one attached hydrogen (secondary N) is 1. The fraction of sp³-hybridized carbons (Fsp3) is 1.00. The SMILES string of the molecule is CCC1CCC(C2CCCCCC2CNC(C)C)CC1. The molecule has 0 heterocycles. The van der Waals surface area contributed by atoms with Gasteiger partial charge in [-0.1, -0.05) is 59.3 Å². The van der Waals surface area contributed by atoms with E-state index in [0.29, 0.717) is 6.04 Å². The van der Waals surface area contributed by atoms with Crippen LogP contribution in [0.15, 0.2) is 0 Å². The highest BCUT2D eigenvalue weighted by molar-refractivity contribution is 4.84. The van der Waals surface area contributed by atoms with Crippen molar-refractivity contribution < 1.29 is 0 Å². The van der Waals surface area contributed by atoms with Crippen molar-refractivity contribution in [3.8, 4) is 0 Å². The minimum atomic E-state index is 0.648. The molecule has 118 valence electrons. The Hall–Kier alpha value is -0.0400. The van der Waals surface area contributed by atoms with Gasteiger partial charge in [0.2, 0.25) is 0 Å². The number of hydrogen-bond donors (Lipinski definition) is 1. The zero-order valence-electron chi connectivity index (χ0n) is 14.2. The molecular formula is C19H37N. The van der Waals surface area contributed by atoms with Gasteiger partial charge in [0.1, 0.15) is 0 Å². The first-order chi connectivity index (χ1) is 9.70. The van der Waals surface area contributed by atoms with E-state index in [2.05, 4.69) is 26.1 Å². The van der Waals surface area contributed by atoms with Crippen LogP contribution >= 0.6 is 0 Å². The predicted molar refractivity (Wildman–Crippen MR) is 88.9 cm³/mol. The Kier molecular flexibility index (Phi) is 6.87. The van der Waals surface area contributed by atoms with Gasteiger partial charge in [-0.05, 0) is 55.9 Å². The summed E-state index contributed by atoms with van der Waals surface area (Å²) in [6.07, 6.45) is 15.0. The summed E-state index contributed by atoms with van der Waals surface area (Å²) >= 11 is 0. The Labute approximate surface area is 127 Å². The van der Waals surface area contributed by atoms with Gasteiger partial charge in [0, 0.05) is 6.04 Å². The number of hydrogen-bond acceptors (Lipinski definition) is 1. The third kappa shape index (κ3) is 4.76. The quantitative estimate of drug-likeness (QED) is 0.665. The summed E-state index contributed by atoms with van der Waals surface area (Å²) in [7, 11) is 0. The Bertz CT molecular complexity index is 252. The molecule has 0 radical (unpaired) electrons. The maximum atomic E-state index is 3.73. The van der Waals surface area contributed by atoms with E-state index in [9.17, 15) is 0 Å². The fourth-order valence-corrected chi connectivity index (χ4v) is 4.70. The Morgan fingerprint density at radius 3 is 2.25 bits per heavy atom. The molecule has 1 nitrogen and oxygen atoms in total. The van der Waals surface area contributed by atoms with Crippen molar-refractivity contribution in [1.29, 1.82) is 0 Å². The topological polar surface area (TPSA) is 12.0 Å². The van der Waals surface area contributed by atoms with Crippen LogP contribution in [-0.2, 0) is 0 Å². The van der Waals surface area contributed by atoms with Gasteiger partial charge < -0.3 is 5.32 Å². The van der Waals surface area contributed by atoms with Crippen LogP contribution in [0.5, 0.6) is 0 Å². The lowest BCUT2D eigenvalue weighted by Crippen LogP contribution is -2.35. The molecule has 20 heavy (non-hydrogen) atoms. The van der Waals surface area contributed by atoms with E-state index in [1.54, 1.807) is 0 Å². The lowest BCUT2D eigenvalue weighted by Gasteiger charge is -2.37. The smallest absolute Gasteiger partial charge is 0.00104 e. The molecular weight excluding hydrogens is 242 g/mol. The third-order valence-corrected chi connectivity index (χ3v) is 6.08. The summed E-state index contributed by atoms with van der Waals surface area (Å²) in [6.45, 7) is 8.23. The summed E-state index contributed by atoms with van der Waals surface area (Å²) < 4.78 is 0. The van der Waals surface area contributed by atoms with Crippen molar-refractivity contribution in [3.05, 3.63) is 0 Å². The van der Waals surface area contributed by atoms with Gasteiger partial charge >= 0.3 is 0 Å². The van der Waals surface area contributed by atoms with E-state index in [1.165, 1.54) is 70.8 Å². The second kappa shape index (κ2) is 8.41. The van der Waals surface area contributed by atoms with Gasteiger partial charge in [0.15, 0.2) is 0 Å². The van der Waals surface area contributed by atoms with Crippen LogP contribution in [0.4, 0.5) is 0 Å². The normalized spacial score (nSPS) is 36.0. The molecule has 0 aliphatic heterocycles. The molecule has 0 aromatic carbocycles. The highest BCUT2D eigenvalue weighted by Gasteiger charge is 2.32. The molecule has 1 N–H and O–H groups in total. The molecule has 2 unspecified atom stereocenters. The average Bonchev–Trinajstić information content (AvgIpc) is 2.70. The van der Waals surface area contributed by atoms with Gasteiger partial charge in [-0.3, -0.25) is 0 Å². The first-order valence-electron chi connectivity index (χ1n) is 9.44. The standard InChI is InChI=1S/C19H37N/c1-4-16-10-12-17(13-11-16)19-9-7-5-6-8-18(19)14-20-15(2)3/h15-20H,4-14H2,1-3H3. The monoisotopic (exact) mass is 279 g/mol. The maximum absolute atomic E-state index is 3.73. The second-order valence-electron chi connectivity index (χ2n) is 7.81. The van der Waals surface area contributed by atoms with Crippen LogP contribution in [0, 0.1) is 23.7 Å². The molecule has 2 aliphatic carbocycles. The van der Waals surface area contributed by atoms with Crippen LogP contribution in [0.3, 0.4) is 0 Å². The Balaban J connectivity index is 1.90. The van der Waals surface area contributed by atoms with Crippen molar-refractivity contribution in [2.45, 2.75) is 91.0 Å². The zero-order chi connectivity index (χ0) is 14.4. The van der Waals surface area contributed by atoms with Crippen molar-refractivity contribution in [2.24, 2.45) is 23.7 Å². The summed E-state index contributed by atoms with van der Waals surface area (Å²) in [5, 5.41) is 3.73. The molecule has 0 aromatic heterocycles. The highest BCUT2D eigenvalue weighted by Crippen LogP contribution is 2.42. The first-order valence-corrected chi connectivity index (χ1v) is 9.44. The van der Waals surface area contributed by atoms with E-state index in [4.69, 9.17) is 0 Å². The first kappa shape index (κ1) is 16.3. The van der Waals surface area contributed by atoms with Crippen molar-refractivity contribution >= 4 is 0 Å². The lowest BCUT2D eigenvalue weighted by atomic mass is 9.69. The van der Waals surface area contributed by atoms with Gasteiger partial charge in [-0.2, -0.15) is 0 Å². The van der Waals surface area contributed by atoms with Crippen LogP contribution in [0.25, 0.3) is 0 Å². The fourth-order valence-electron chi connectivity index (χ4n) is 4.70. The van der Waals surface area contributed by atoms with Crippen LogP contribution in [-0.4, -0.2) is 12.6 Å². The van der Waals surface area contributed by atoms with E-state index >= 15 is 0 Å². The summed E-state index contributed by atoms with van der Waals surface area (Å²) in [5.74, 6) is 4.09. The molecule has 0 aromatic rings. The maximum Gasteiger partial charge on any atom is 0.00104 e. The molecule has 2 atom stereocenters. The molecule has 0 spiro atoms. The van der Waals surface area contributed by atoms with E-state index in [-0.39, 0.29) is 0 Å². The highest BCUT2D eigenvalue weighted by atomic mass is 14.9. The van der Waals surface area contributed by atoms with Gasteiger partial charge in [-0.15, -0.1) is 0 Å². The van der Waals surface area contributed by atoms with Gasteiger partial charge in [0.25, 0.3) is 0 Å². The number of rotatable bonds is 5. The largest absolute Gasteiger partial charge is 0.314 e. The predicted octanol–water partition coefficient (Wildman–Crippen LogP) is 5.40. The minimum absolute atomic E-state index is 0.648. The van der Waals surface area contributed by atoms with E-state index in [1.807, 2.05) is 0 Å². The molecule has 0 amide bonds. The van der Waals surface area contributed by atoms with Gasteiger partial charge in [0.05, 0.1) is 0 Å². The van der Waals surface area contributed by atoms with Crippen molar-refractivity contribution in [3.63, 3.8) is 0 Å². The van der Waals surface area contributed by atoms with Crippen molar-refractivity contribution in [1.82, 2.24) is 5.32 Å². The Morgan fingerprint density at radius 1 is 0.900 bits per heavy atom. The molecule has 2 rings (SSSR count). The van der Waals surface area contributed by atoms with Gasteiger partial charge in [-0.25, -0.2) is 0 Å². The summed E-state index contributed by atoms with van der Waals surface area (Å²) in [6, 6.07) is 0.648. The van der Waals surface area contributed by atoms with E-state index in [0.717, 1.165) is 23.7 Å². The van der Waals surface area contributed by atoms with Crippen LogP contribution in [0.2, 0.25) is 0 Å². The molecule has 2 aliphatic rings. The minimum Gasteiger partial charge on any atom is -0.314 e. The molecule has 1 heteroatoms. The molecule has 2 fully saturated rings. The van der Waals surface area contributed by atoms with Crippen LogP contribution in [0.1, 0.15) is 85.0 Å². The molecule has 2 saturated carbocycles. The average molecular weight is 280 g/mol. The summed E-state index contributed by atoms with van der Waals surface area (Å²) in [5.41, 5.74) is 0. The Morgan fingerprint density at radius 2 is 1.60 bits per heavy atom. The van der Waals surface area contributed by atoms with Crippen LogP contribution < -0.4 is 5.32 Å². The lowest BCUT2D eigenvalue weighted by molar-refractivity contribution is 0.139. The zero-order valence-corrected chi connectivity index (χ0v) is 14.2. The summed E-state index contributed by atoms with van der Waals surface area (Å²) in [4.78, 5) is 0. The second-order valence-corrected chi connectivity index (χ2v) is 7.81.